The van der Waals surface area contributed by atoms with Crippen LogP contribution in [-0.2, 0) is 9.59 Å². The highest BCUT2D eigenvalue weighted by Gasteiger charge is 2.39. The lowest BCUT2D eigenvalue weighted by Gasteiger charge is -2.34. The minimum Gasteiger partial charge on any atom is -0.355 e. The molecule has 4 rings (SSSR count). The third-order valence-electron chi connectivity index (χ3n) is 7.69. The lowest BCUT2D eigenvalue weighted by Crippen LogP contribution is -2.46. The molecule has 0 bridgehead atoms. The van der Waals surface area contributed by atoms with Gasteiger partial charge in [-0.25, -0.2) is 0 Å². The number of thioether (sulfide) groups is 1. The molecule has 0 spiro atoms. The highest BCUT2D eigenvalue weighted by atomic mass is 32.2. The van der Waals surface area contributed by atoms with Gasteiger partial charge in [-0.3, -0.25) is 9.59 Å². The summed E-state index contributed by atoms with van der Waals surface area (Å²) in [6, 6.07) is 0.779. The molecule has 0 aromatic carbocycles. The molecule has 0 aromatic heterocycles. The lowest BCUT2D eigenvalue weighted by molar-refractivity contribution is -0.132. The van der Waals surface area contributed by atoms with E-state index in [9.17, 15) is 9.59 Å². The van der Waals surface area contributed by atoms with Crippen molar-refractivity contribution >= 4 is 23.6 Å². The van der Waals surface area contributed by atoms with Gasteiger partial charge in [0.05, 0.1) is 11.4 Å². The average Bonchev–Trinajstić information content (AvgIpc) is 3.36. The van der Waals surface area contributed by atoms with Gasteiger partial charge in [0.15, 0.2) is 0 Å². The summed E-state index contributed by atoms with van der Waals surface area (Å²) < 4.78 is 0. The Labute approximate surface area is 191 Å². The summed E-state index contributed by atoms with van der Waals surface area (Å²) in [5, 5.41) is 14.0. The van der Waals surface area contributed by atoms with Crippen molar-refractivity contribution in [2.75, 3.05) is 32.7 Å². The maximum absolute atomic E-state index is 12.8. The molecule has 4 N–H and O–H groups in total. The topological polar surface area (TPSA) is 85.5 Å². The van der Waals surface area contributed by atoms with Crippen LogP contribution in [0.3, 0.4) is 0 Å². The number of fused-ring (bicyclic) bond motifs is 1. The predicted molar refractivity (Wildman–Crippen MR) is 126 cm³/mol. The van der Waals surface area contributed by atoms with Crippen LogP contribution in [0.15, 0.2) is 0 Å². The number of hydrogen-bond donors (Lipinski definition) is 4. The van der Waals surface area contributed by atoms with E-state index < -0.39 is 0 Å². The smallest absolute Gasteiger partial charge is 0.237 e. The van der Waals surface area contributed by atoms with Gasteiger partial charge in [-0.15, -0.1) is 11.8 Å². The van der Waals surface area contributed by atoms with E-state index >= 15 is 0 Å². The SMILES string of the molecule is CC1NC(C)C(C(=O)N2CCC(CCCCNC(=O)C3CC4CNCCC4N3)CC2)S1. The Morgan fingerprint density at radius 3 is 2.61 bits per heavy atom. The molecule has 4 aliphatic rings. The number of unbranched alkanes of at least 4 members (excludes halogenated alkanes) is 1. The van der Waals surface area contributed by atoms with Crippen molar-refractivity contribution in [3.05, 3.63) is 0 Å². The molecule has 31 heavy (non-hydrogen) atoms. The Hall–Kier alpha value is -0.830. The molecule has 0 aromatic rings. The molecular formula is C23H41N5O2S. The Bertz CT molecular complexity index is 613. The monoisotopic (exact) mass is 451 g/mol. The first kappa shape index (κ1) is 23.3. The van der Waals surface area contributed by atoms with Gasteiger partial charge in [-0.2, -0.15) is 0 Å². The van der Waals surface area contributed by atoms with Gasteiger partial charge in [0.1, 0.15) is 5.25 Å². The van der Waals surface area contributed by atoms with Crippen LogP contribution >= 0.6 is 11.8 Å². The minimum atomic E-state index is -0.00398. The number of carbonyl (C=O) groups is 2. The maximum atomic E-state index is 12.8. The van der Waals surface area contributed by atoms with E-state index in [-0.39, 0.29) is 23.2 Å². The van der Waals surface area contributed by atoms with Crippen molar-refractivity contribution in [3.63, 3.8) is 0 Å². The van der Waals surface area contributed by atoms with Gasteiger partial charge in [0.25, 0.3) is 0 Å². The molecule has 7 nitrogen and oxygen atoms in total. The first-order valence-corrected chi connectivity index (χ1v) is 13.4. The first-order valence-electron chi connectivity index (χ1n) is 12.5. The average molecular weight is 452 g/mol. The lowest BCUT2D eigenvalue weighted by atomic mass is 9.91. The number of amides is 2. The summed E-state index contributed by atoms with van der Waals surface area (Å²) in [4.78, 5) is 27.4. The fraction of sp³-hybridized carbons (Fsp3) is 0.913. The van der Waals surface area contributed by atoms with E-state index in [1.54, 1.807) is 11.8 Å². The normalized spacial score (nSPS) is 36.4. The van der Waals surface area contributed by atoms with E-state index in [1.807, 2.05) is 0 Å². The zero-order valence-electron chi connectivity index (χ0n) is 19.2. The second kappa shape index (κ2) is 10.9. The van der Waals surface area contributed by atoms with E-state index in [4.69, 9.17) is 0 Å². The maximum Gasteiger partial charge on any atom is 0.237 e. The van der Waals surface area contributed by atoms with Gasteiger partial charge in [-0.05, 0) is 70.9 Å². The predicted octanol–water partition coefficient (Wildman–Crippen LogP) is 1.29. The summed E-state index contributed by atoms with van der Waals surface area (Å²) in [5.74, 6) is 1.84. The number of carbonyl (C=O) groups excluding carboxylic acids is 2. The third kappa shape index (κ3) is 5.95. The van der Waals surface area contributed by atoms with Gasteiger partial charge >= 0.3 is 0 Å². The van der Waals surface area contributed by atoms with Crippen molar-refractivity contribution in [2.45, 2.75) is 87.5 Å². The zero-order valence-corrected chi connectivity index (χ0v) is 20.0. The highest BCUT2D eigenvalue weighted by molar-refractivity contribution is 8.01. The van der Waals surface area contributed by atoms with Crippen LogP contribution in [0.1, 0.15) is 58.8 Å². The Balaban J connectivity index is 1.06. The van der Waals surface area contributed by atoms with Crippen LogP contribution in [0.5, 0.6) is 0 Å². The van der Waals surface area contributed by atoms with Crippen molar-refractivity contribution in [1.29, 1.82) is 0 Å². The van der Waals surface area contributed by atoms with Crippen LogP contribution in [-0.4, -0.2) is 78.2 Å². The Morgan fingerprint density at radius 1 is 1.10 bits per heavy atom. The van der Waals surface area contributed by atoms with Crippen molar-refractivity contribution in [1.82, 2.24) is 26.2 Å². The standard InChI is InChI=1S/C23H41N5O2S/c1-15-21(31-16(2)26-15)23(30)28-11-7-17(8-12-28)5-3-4-9-25-22(29)20-13-18-14-24-10-6-19(18)27-20/h15-21,24,26-27H,3-14H2,1-2H3,(H,25,29). The molecule has 6 unspecified atom stereocenters. The molecule has 0 radical (unpaired) electrons. The summed E-state index contributed by atoms with van der Waals surface area (Å²) in [6.07, 6.45) is 7.75. The molecule has 4 aliphatic heterocycles. The minimum absolute atomic E-state index is 0.00398. The van der Waals surface area contributed by atoms with E-state index in [1.165, 1.54) is 6.42 Å². The number of nitrogens with zero attached hydrogens (tertiary/aromatic N) is 1. The number of nitrogens with one attached hydrogen (secondary N) is 4. The molecule has 6 atom stereocenters. The molecule has 0 saturated carbocycles. The number of likely N-dealkylation sites (tertiary alicyclic amines) is 1. The van der Waals surface area contributed by atoms with Gasteiger partial charge in [-0.1, -0.05) is 12.8 Å². The molecule has 0 aliphatic carbocycles. The van der Waals surface area contributed by atoms with E-state index in [2.05, 4.69) is 40.0 Å². The fourth-order valence-corrected chi connectivity index (χ4v) is 7.14. The molecule has 4 heterocycles. The molecule has 8 heteroatoms. The molecule has 176 valence electrons. The van der Waals surface area contributed by atoms with Crippen LogP contribution in [0.4, 0.5) is 0 Å². The number of piperidine rings is 2. The van der Waals surface area contributed by atoms with Gasteiger partial charge in [0.2, 0.25) is 11.8 Å². The van der Waals surface area contributed by atoms with Crippen LogP contribution < -0.4 is 21.3 Å². The molecule has 2 amide bonds. The van der Waals surface area contributed by atoms with Crippen molar-refractivity contribution < 1.29 is 9.59 Å². The Morgan fingerprint density at radius 2 is 1.90 bits per heavy atom. The zero-order chi connectivity index (χ0) is 21.8. The number of rotatable bonds is 7. The van der Waals surface area contributed by atoms with E-state index in [0.717, 1.165) is 77.2 Å². The summed E-state index contributed by atoms with van der Waals surface area (Å²) >= 11 is 1.77. The second-order valence-electron chi connectivity index (χ2n) is 10.0. The van der Waals surface area contributed by atoms with Crippen LogP contribution in [0.2, 0.25) is 0 Å². The van der Waals surface area contributed by atoms with E-state index in [0.29, 0.717) is 23.2 Å². The summed E-state index contributed by atoms with van der Waals surface area (Å²) in [7, 11) is 0. The van der Waals surface area contributed by atoms with Crippen molar-refractivity contribution in [2.24, 2.45) is 11.8 Å². The molecular weight excluding hydrogens is 410 g/mol. The highest BCUT2D eigenvalue weighted by Crippen LogP contribution is 2.30. The largest absolute Gasteiger partial charge is 0.355 e. The Kier molecular flexibility index (Phi) is 8.17. The van der Waals surface area contributed by atoms with Crippen molar-refractivity contribution in [3.8, 4) is 0 Å². The summed E-state index contributed by atoms with van der Waals surface area (Å²) in [5.41, 5.74) is 0. The fourth-order valence-electron chi connectivity index (χ4n) is 5.82. The number of hydrogen-bond acceptors (Lipinski definition) is 6. The second-order valence-corrected chi connectivity index (χ2v) is 11.5. The first-order chi connectivity index (χ1) is 15.0. The van der Waals surface area contributed by atoms with Crippen LogP contribution in [0.25, 0.3) is 0 Å². The summed E-state index contributed by atoms with van der Waals surface area (Å²) in [6.45, 7) is 8.95. The van der Waals surface area contributed by atoms with Gasteiger partial charge < -0.3 is 26.2 Å². The van der Waals surface area contributed by atoms with Gasteiger partial charge in [0, 0.05) is 31.7 Å². The quantitative estimate of drug-likeness (QED) is 0.437. The third-order valence-corrected chi connectivity index (χ3v) is 9.14. The molecule has 4 saturated heterocycles. The molecule has 4 fully saturated rings. The van der Waals surface area contributed by atoms with Crippen LogP contribution in [0, 0.1) is 11.8 Å².